The molecule has 0 atom stereocenters. The molecular formula is C20H28N2O4S. The van der Waals surface area contributed by atoms with E-state index in [9.17, 15) is 13.2 Å². The fourth-order valence-electron chi connectivity index (χ4n) is 4.42. The summed E-state index contributed by atoms with van der Waals surface area (Å²) in [6.07, 6.45) is 7.01. The number of sulfonamides is 1. The van der Waals surface area contributed by atoms with Crippen molar-refractivity contribution in [1.82, 2.24) is 9.62 Å². The summed E-state index contributed by atoms with van der Waals surface area (Å²) < 4.78 is 34.4. The number of morpholine rings is 1. The van der Waals surface area contributed by atoms with E-state index in [0.29, 0.717) is 30.8 Å². The number of ether oxygens (including phenoxy) is 1. The molecule has 7 heteroatoms. The fourth-order valence-corrected chi connectivity index (χ4v) is 6.00. The van der Waals surface area contributed by atoms with Gasteiger partial charge >= 0.3 is 0 Å². The van der Waals surface area contributed by atoms with Crippen LogP contribution in [0.4, 0.5) is 0 Å². The second-order valence-electron chi connectivity index (χ2n) is 8.19. The molecule has 6 nitrogen and oxygen atoms in total. The maximum absolute atomic E-state index is 13.0. The molecule has 4 rings (SSSR count). The number of aryl methyl sites for hydroxylation is 1. The number of amides is 1. The molecule has 1 spiro atoms. The van der Waals surface area contributed by atoms with E-state index in [2.05, 4.69) is 4.72 Å². The van der Waals surface area contributed by atoms with Gasteiger partial charge in [0.2, 0.25) is 10.0 Å². The van der Waals surface area contributed by atoms with Gasteiger partial charge < -0.3 is 9.64 Å². The van der Waals surface area contributed by atoms with Crippen molar-refractivity contribution < 1.29 is 17.9 Å². The molecule has 1 aliphatic heterocycles. The number of carbonyl (C=O) groups is 1. The molecule has 0 bridgehead atoms. The average Bonchev–Trinajstić information content (AvgIpc) is 3.12. The topological polar surface area (TPSA) is 75.7 Å². The van der Waals surface area contributed by atoms with Gasteiger partial charge in [0, 0.05) is 18.2 Å². The first-order valence-corrected chi connectivity index (χ1v) is 11.4. The standard InChI is InChI=1S/C20H28N2O4S/c1-15-7-8-16(13-18(15)27(24,25)21-17-5-2-3-6-17)19(23)22-11-12-26-20(14-22)9-4-10-20/h7-8,13,17,21H,2-6,9-12,14H2,1H3. The second kappa shape index (κ2) is 7.18. The Morgan fingerprint density at radius 3 is 2.63 bits per heavy atom. The van der Waals surface area contributed by atoms with Crippen LogP contribution in [0, 0.1) is 6.92 Å². The lowest BCUT2D eigenvalue weighted by molar-refractivity contribution is -0.142. The molecule has 27 heavy (non-hydrogen) atoms. The van der Waals surface area contributed by atoms with E-state index in [1.807, 2.05) is 4.90 Å². The molecule has 1 N–H and O–H groups in total. The predicted molar refractivity (Wildman–Crippen MR) is 102 cm³/mol. The summed E-state index contributed by atoms with van der Waals surface area (Å²) in [5.74, 6) is -0.109. The lowest BCUT2D eigenvalue weighted by Crippen LogP contribution is -2.57. The summed E-state index contributed by atoms with van der Waals surface area (Å²) in [5.41, 5.74) is 0.927. The predicted octanol–water partition coefficient (Wildman–Crippen LogP) is 2.61. The second-order valence-corrected chi connectivity index (χ2v) is 9.88. The van der Waals surface area contributed by atoms with E-state index >= 15 is 0 Å². The van der Waals surface area contributed by atoms with Crippen molar-refractivity contribution in [1.29, 1.82) is 0 Å². The van der Waals surface area contributed by atoms with E-state index in [1.54, 1.807) is 19.1 Å². The number of benzene rings is 1. The number of nitrogens with one attached hydrogen (secondary N) is 1. The Morgan fingerprint density at radius 2 is 1.96 bits per heavy atom. The normalized spacial score (nSPS) is 22.8. The van der Waals surface area contributed by atoms with Crippen molar-refractivity contribution in [3.63, 3.8) is 0 Å². The third-order valence-corrected chi connectivity index (χ3v) is 7.86. The van der Waals surface area contributed by atoms with Crippen molar-refractivity contribution in [3.8, 4) is 0 Å². The molecule has 3 fully saturated rings. The van der Waals surface area contributed by atoms with Gasteiger partial charge in [-0.05, 0) is 56.7 Å². The molecule has 0 radical (unpaired) electrons. The van der Waals surface area contributed by atoms with Crippen LogP contribution >= 0.6 is 0 Å². The number of rotatable bonds is 4. The summed E-state index contributed by atoms with van der Waals surface area (Å²) in [5, 5.41) is 0. The molecule has 1 heterocycles. The highest BCUT2D eigenvalue weighted by atomic mass is 32.2. The third kappa shape index (κ3) is 3.77. The van der Waals surface area contributed by atoms with Gasteiger partial charge in [-0.2, -0.15) is 0 Å². The van der Waals surface area contributed by atoms with E-state index in [1.165, 1.54) is 6.07 Å². The minimum Gasteiger partial charge on any atom is -0.371 e. The molecule has 1 saturated heterocycles. The highest BCUT2D eigenvalue weighted by Gasteiger charge is 2.43. The van der Waals surface area contributed by atoms with E-state index < -0.39 is 10.0 Å². The number of hydrogen-bond donors (Lipinski definition) is 1. The van der Waals surface area contributed by atoms with Gasteiger partial charge in [0.15, 0.2) is 0 Å². The average molecular weight is 393 g/mol. The Morgan fingerprint density at radius 1 is 1.22 bits per heavy atom. The van der Waals surface area contributed by atoms with Crippen LogP contribution in [0.1, 0.15) is 60.9 Å². The van der Waals surface area contributed by atoms with Crippen molar-refractivity contribution in [2.75, 3.05) is 19.7 Å². The number of carbonyl (C=O) groups excluding carboxylic acids is 1. The molecule has 2 saturated carbocycles. The number of hydrogen-bond acceptors (Lipinski definition) is 4. The van der Waals surface area contributed by atoms with E-state index in [-0.39, 0.29) is 22.4 Å². The maximum atomic E-state index is 13.0. The van der Waals surface area contributed by atoms with E-state index in [4.69, 9.17) is 4.74 Å². The van der Waals surface area contributed by atoms with Gasteiger partial charge in [0.25, 0.3) is 5.91 Å². The van der Waals surface area contributed by atoms with Gasteiger partial charge in [-0.3, -0.25) is 4.79 Å². The molecule has 0 unspecified atom stereocenters. The molecule has 1 aromatic carbocycles. The van der Waals surface area contributed by atoms with Crippen LogP contribution < -0.4 is 4.72 Å². The quantitative estimate of drug-likeness (QED) is 0.855. The molecule has 148 valence electrons. The largest absolute Gasteiger partial charge is 0.371 e. The van der Waals surface area contributed by atoms with Gasteiger partial charge in [-0.15, -0.1) is 0 Å². The van der Waals surface area contributed by atoms with Crippen LogP contribution in [0.3, 0.4) is 0 Å². The SMILES string of the molecule is Cc1ccc(C(=O)N2CCOC3(CCC3)C2)cc1S(=O)(=O)NC1CCCC1. The van der Waals surface area contributed by atoms with Gasteiger partial charge in [0.1, 0.15) is 0 Å². The molecule has 1 aromatic rings. The molecule has 2 aliphatic carbocycles. The highest BCUT2D eigenvalue weighted by molar-refractivity contribution is 7.89. The Kier molecular flexibility index (Phi) is 5.03. The minimum absolute atomic E-state index is 0.00600. The molecule has 1 amide bonds. The van der Waals surface area contributed by atoms with Crippen LogP contribution in [0.2, 0.25) is 0 Å². The van der Waals surface area contributed by atoms with Crippen LogP contribution in [-0.2, 0) is 14.8 Å². The van der Waals surface area contributed by atoms with Gasteiger partial charge in [-0.1, -0.05) is 18.9 Å². The van der Waals surface area contributed by atoms with Crippen LogP contribution in [0.15, 0.2) is 23.1 Å². The summed E-state index contributed by atoms with van der Waals surface area (Å²) >= 11 is 0. The first kappa shape index (κ1) is 18.9. The monoisotopic (exact) mass is 392 g/mol. The molecular weight excluding hydrogens is 364 g/mol. The zero-order valence-corrected chi connectivity index (χ0v) is 16.7. The van der Waals surface area contributed by atoms with Gasteiger partial charge in [0.05, 0.1) is 23.6 Å². The first-order valence-electron chi connectivity index (χ1n) is 9.95. The summed E-state index contributed by atoms with van der Waals surface area (Å²) in [4.78, 5) is 15.0. The van der Waals surface area contributed by atoms with Crippen LogP contribution in [0.25, 0.3) is 0 Å². The highest BCUT2D eigenvalue weighted by Crippen LogP contribution is 2.38. The van der Waals surface area contributed by atoms with Crippen LogP contribution in [-0.4, -0.2) is 50.6 Å². The zero-order valence-electron chi connectivity index (χ0n) is 15.9. The van der Waals surface area contributed by atoms with Crippen molar-refractivity contribution in [2.24, 2.45) is 0 Å². The summed E-state index contributed by atoms with van der Waals surface area (Å²) in [7, 11) is -3.62. The summed E-state index contributed by atoms with van der Waals surface area (Å²) in [6.45, 7) is 3.47. The Bertz CT molecular complexity index is 826. The zero-order chi connectivity index (χ0) is 19.1. The molecule has 0 aromatic heterocycles. The first-order chi connectivity index (χ1) is 12.9. The van der Waals surface area contributed by atoms with Crippen LogP contribution in [0.5, 0.6) is 0 Å². The summed E-state index contributed by atoms with van der Waals surface area (Å²) in [6, 6.07) is 5.01. The van der Waals surface area contributed by atoms with E-state index in [0.717, 1.165) is 44.9 Å². The fraction of sp³-hybridized carbons (Fsp3) is 0.650. The Hall–Kier alpha value is -1.44. The van der Waals surface area contributed by atoms with Crippen molar-refractivity contribution in [2.45, 2.75) is 68.4 Å². The minimum atomic E-state index is -3.62. The number of nitrogens with zero attached hydrogens (tertiary/aromatic N) is 1. The molecule has 3 aliphatic rings. The lowest BCUT2D eigenvalue weighted by atomic mass is 9.79. The Labute approximate surface area is 161 Å². The maximum Gasteiger partial charge on any atom is 0.254 e. The third-order valence-electron chi connectivity index (χ3n) is 6.20. The Balaban J connectivity index is 1.55. The van der Waals surface area contributed by atoms with Crippen molar-refractivity contribution >= 4 is 15.9 Å². The van der Waals surface area contributed by atoms with Gasteiger partial charge in [-0.25, -0.2) is 13.1 Å². The lowest BCUT2D eigenvalue weighted by Gasteiger charge is -2.48. The van der Waals surface area contributed by atoms with Crippen molar-refractivity contribution in [3.05, 3.63) is 29.3 Å². The smallest absolute Gasteiger partial charge is 0.254 e.